The van der Waals surface area contributed by atoms with Gasteiger partial charge in [0.1, 0.15) is 5.76 Å². The Hall–Kier alpha value is -1.85. The molecule has 1 aromatic heterocycles. The normalized spacial score (nSPS) is 25.1. The maximum atomic E-state index is 12.2. The fourth-order valence-corrected chi connectivity index (χ4v) is 3.09. The summed E-state index contributed by atoms with van der Waals surface area (Å²) in [5, 5.41) is 6.88. The molecule has 0 radical (unpaired) electrons. The topological polar surface area (TPSA) is 75.4 Å². The lowest BCUT2D eigenvalue weighted by molar-refractivity contribution is -0.134. The summed E-state index contributed by atoms with van der Waals surface area (Å²) in [6.45, 7) is 4.61. The molecule has 2 aliphatic rings. The Morgan fingerprint density at radius 1 is 1.41 bits per heavy atom. The number of nitrogens with zero attached hydrogens (tertiary/aromatic N) is 2. The van der Waals surface area contributed by atoms with Crippen LogP contribution in [0.4, 0.5) is 0 Å². The lowest BCUT2D eigenvalue weighted by Crippen LogP contribution is -2.50. The van der Waals surface area contributed by atoms with E-state index in [9.17, 15) is 9.59 Å². The predicted octanol–water partition coefficient (Wildman–Crippen LogP) is 2.07. The van der Waals surface area contributed by atoms with E-state index < -0.39 is 0 Å². The zero-order valence-electron chi connectivity index (χ0n) is 13.2. The average Bonchev–Trinajstić information content (AvgIpc) is 3.23. The van der Waals surface area contributed by atoms with Gasteiger partial charge in [0.05, 0.1) is 0 Å². The van der Waals surface area contributed by atoms with Gasteiger partial charge in [-0.1, -0.05) is 12.1 Å². The second-order valence-corrected chi connectivity index (χ2v) is 6.37. The molecular formula is C16H23N3O3. The van der Waals surface area contributed by atoms with Crippen molar-refractivity contribution < 1.29 is 14.1 Å². The predicted molar refractivity (Wildman–Crippen MR) is 80.4 cm³/mol. The molecule has 1 saturated carbocycles. The molecule has 1 unspecified atom stereocenters. The molecule has 6 heteroatoms. The summed E-state index contributed by atoms with van der Waals surface area (Å²) in [4.78, 5) is 26.0. The zero-order valence-corrected chi connectivity index (χ0v) is 13.2. The molecule has 0 bridgehead atoms. The molecule has 1 aromatic rings. The minimum absolute atomic E-state index is 0.0875. The van der Waals surface area contributed by atoms with Gasteiger partial charge in [-0.25, -0.2) is 0 Å². The third-order valence-corrected chi connectivity index (χ3v) is 4.57. The van der Waals surface area contributed by atoms with E-state index in [4.69, 9.17) is 4.52 Å². The van der Waals surface area contributed by atoms with E-state index >= 15 is 0 Å². The molecule has 2 heterocycles. The van der Waals surface area contributed by atoms with Gasteiger partial charge in [-0.3, -0.25) is 9.59 Å². The summed E-state index contributed by atoms with van der Waals surface area (Å²) in [5.41, 5.74) is 0.363. The van der Waals surface area contributed by atoms with Crippen molar-refractivity contribution in [1.29, 1.82) is 0 Å². The standard InChI is InChI=1S/C16H23N3O3/c1-3-15(20)19-7-6-12(8-10(19)2)17-16(21)13-9-14(22-18-13)11-4-5-11/h9-12H,3-8H2,1-2H3,(H,17,21)/t10-,12?/m1/s1. The van der Waals surface area contributed by atoms with Crippen LogP contribution in [0.3, 0.4) is 0 Å². The first-order valence-corrected chi connectivity index (χ1v) is 8.15. The van der Waals surface area contributed by atoms with Crippen molar-refractivity contribution in [3.63, 3.8) is 0 Å². The summed E-state index contributed by atoms with van der Waals surface area (Å²) >= 11 is 0. The smallest absolute Gasteiger partial charge is 0.273 e. The maximum absolute atomic E-state index is 12.2. The molecule has 0 spiro atoms. The van der Waals surface area contributed by atoms with E-state index in [1.807, 2.05) is 18.7 Å². The van der Waals surface area contributed by atoms with Crippen LogP contribution in [0.15, 0.2) is 10.6 Å². The molecule has 0 aromatic carbocycles. The van der Waals surface area contributed by atoms with Crippen LogP contribution in [0.1, 0.15) is 68.1 Å². The lowest BCUT2D eigenvalue weighted by Gasteiger charge is -2.37. The van der Waals surface area contributed by atoms with E-state index in [1.54, 1.807) is 6.07 Å². The largest absolute Gasteiger partial charge is 0.360 e. The van der Waals surface area contributed by atoms with Gasteiger partial charge >= 0.3 is 0 Å². The first-order valence-electron chi connectivity index (χ1n) is 8.15. The number of hydrogen-bond acceptors (Lipinski definition) is 4. The fraction of sp³-hybridized carbons (Fsp3) is 0.688. The van der Waals surface area contributed by atoms with E-state index in [0.29, 0.717) is 24.6 Å². The van der Waals surface area contributed by atoms with E-state index in [0.717, 1.165) is 31.4 Å². The van der Waals surface area contributed by atoms with Crippen LogP contribution < -0.4 is 5.32 Å². The van der Waals surface area contributed by atoms with Crippen LogP contribution in [0, 0.1) is 0 Å². The highest BCUT2D eigenvalue weighted by atomic mass is 16.5. The molecule has 22 heavy (non-hydrogen) atoms. The molecule has 3 rings (SSSR count). The highest BCUT2D eigenvalue weighted by molar-refractivity contribution is 5.92. The molecule has 1 aliphatic heterocycles. The molecule has 1 aliphatic carbocycles. The Balaban J connectivity index is 1.54. The lowest BCUT2D eigenvalue weighted by atomic mass is 9.97. The van der Waals surface area contributed by atoms with Crippen LogP contribution in [0.25, 0.3) is 0 Å². The first-order chi connectivity index (χ1) is 10.6. The van der Waals surface area contributed by atoms with E-state index in [1.165, 1.54) is 0 Å². The average molecular weight is 305 g/mol. The summed E-state index contributed by atoms with van der Waals surface area (Å²) in [7, 11) is 0. The van der Waals surface area contributed by atoms with Crippen LogP contribution in [-0.2, 0) is 4.79 Å². The highest BCUT2D eigenvalue weighted by Crippen LogP contribution is 2.40. The second-order valence-electron chi connectivity index (χ2n) is 6.37. The fourth-order valence-electron chi connectivity index (χ4n) is 3.09. The van der Waals surface area contributed by atoms with Gasteiger partial charge in [0.15, 0.2) is 5.69 Å². The molecule has 2 fully saturated rings. The van der Waals surface area contributed by atoms with Crippen LogP contribution in [-0.4, -0.2) is 40.5 Å². The van der Waals surface area contributed by atoms with Crippen molar-refractivity contribution >= 4 is 11.8 Å². The Bertz CT molecular complexity index is 565. The Morgan fingerprint density at radius 2 is 2.18 bits per heavy atom. The number of aromatic nitrogens is 1. The number of carbonyl (C=O) groups excluding carboxylic acids is 2. The van der Waals surface area contributed by atoms with Crippen LogP contribution in [0.2, 0.25) is 0 Å². The molecule has 2 atom stereocenters. The van der Waals surface area contributed by atoms with E-state index in [2.05, 4.69) is 10.5 Å². The van der Waals surface area contributed by atoms with Crippen molar-refractivity contribution in [2.24, 2.45) is 0 Å². The van der Waals surface area contributed by atoms with Gasteiger partial charge in [0, 0.05) is 37.0 Å². The number of hydrogen-bond donors (Lipinski definition) is 1. The first kappa shape index (κ1) is 15.1. The van der Waals surface area contributed by atoms with Gasteiger partial charge in [-0.2, -0.15) is 0 Å². The van der Waals surface area contributed by atoms with Gasteiger partial charge < -0.3 is 14.7 Å². The molecule has 120 valence electrons. The van der Waals surface area contributed by atoms with Crippen molar-refractivity contribution in [1.82, 2.24) is 15.4 Å². The minimum atomic E-state index is -0.178. The van der Waals surface area contributed by atoms with Gasteiger partial charge in [0.2, 0.25) is 5.91 Å². The number of carbonyl (C=O) groups is 2. The molecule has 2 amide bonds. The third-order valence-electron chi connectivity index (χ3n) is 4.57. The molecule has 6 nitrogen and oxygen atoms in total. The second kappa shape index (κ2) is 6.10. The van der Waals surface area contributed by atoms with Crippen LogP contribution in [0.5, 0.6) is 0 Å². The molecule has 1 N–H and O–H groups in total. The molecular weight excluding hydrogens is 282 g/mol. The van der Waals surface area contributed by atoms with Gasteiger partial charge in [-0.15, -0.1) is 0 Å². The Kier molecular flexibility index (Phi) is 4.18. The van der Waals surface area contributed by atoms with Crippen molar-refractivity contribution in [2.45, 2.75) is 64.0 Å². The third kappa shape index (κ3) is 3.15. The van der Waals surface area contributed by atoms with Crippen molar-refractivity contribution in [3.05, 3.63) is 17.5 Å². The van der Waals surface area contributed by atoms with E-state index in [-0.39, 0.29) is 23.9 Å². The van der Waals surface area contributed by atoms with Crippen LogP contribution >= 0.6 is 0 Å². The number of nitrogens with one attached hydrogen (secondary N) is 1. The summed E-state index contributed by atoms with van der Waals surface area (Å²) < 4.78 is 5.22. The Labute approximate surface area is 130 Å². The number of rotatable bonds is 4. The Morgan fingerprint density at radius 3 is 2.82 bits per heavy atom. The van der Waals surface area contributed by atoms with Crippen molar-refractivity contribution in [2.75, 3.05) is 6.54 Å². The summed E-state index contributed by atoms with van der Waals surface area (Å²) in [6.07, 6.45) is 4.35. The highest BCUT2D eigenvalue weighted by Gasteiger charge is 2.31. The summed E-state index contributed by atoms with van der Waals surface area (Å²) in [6, 6.07) is 2.00. The monoisotopic (exact) mass is 305 g/mol. The number of likely N-dealkylation sites (tertiary alicyclic amines) is 1. The van der Waals surface area contributed by atoms with Crippen molar-refractivity contribution in [3.8, 4) is 0 Å². The summed E-state index contributed by atoms with van der Waals surface area (Å²) in [5.74, 6) is 1.28. The number of piperidine rings is 1. The zero-order chi connectivity index (χ0) is 15.7. The van der Waals surface area contributed by atoms with Gasteiger partial charge in [-0.05, 0) is 32.6 Å². The quantitative estimate of drug-likeness (QED) is 0.924. The van der Waals surface area contributed by atoms with Gasteiger partial charge in [0.25, 0.3) is 5.91 Å². The minimum Gasteiger partial charge on any atom is -0.360 e. The molecule has 1 saturated heterocycles. The SMILES string of the molecule is CCC(=O)N1CCC(NC(=O)c2cc(C3CC3)on2)C[C@H]1C. The maximum Gasteiger partial charge on any atom is 0.273 e. The number of amides is 2.